The largest absolute Gasteiger partial charge is 0.399 e. The molecule has 1 aromatic carbocycles. The van der Waals surface area contributed by atoms with E-state index >= 15 is 0 Å². The van der Waals surface area contributed by atoms with Crippen molar-refractivity contribution in [2.45, 2.75) is 0 Å². The van der Waals surface area contributed by atoms with Gasteiger partial charge in [0.05, 0.1) is 6.20 Å². The van der Waals surface area contributed by atoms with Gasteiger partial charge in [0.25, 0.3) is 0 Å². The second-order valence-corrected chi connectivity index (χ2v) is 4.20. The average molecular weight is 272 g/mol. The smallest absolute Gasteiger partial charge is 0.174 e. The summed E-state index contributed by atoms with van der Waals surface area (Å²) in [5.74, 6) is -0.973. The van der Waals surface area contributed by atoms with Crippen LogP contribution in [0.4, 0.5) is 14.5 Å². The van der Waals surface area contributed by atoms with Gasteiger partial charge < -0.3 is 5.73 Å². The van der Waals surface area contributed by atoms with Crippen LogP contribution in [0.2, 0.25) is 0 Å². The maximum absolute atomic E-state index is 13.8. The Bertz CT molecular complexity index is 750. The van der Waals surface area contributed by atoms with E-state index in [9.17, 15) is 8.78 Å². The molecule has 0 fully saturated rings. The second-order valence-electron chi connectivity index (χ2n) is 4.20. The fourth-order valence-corrected chi connectivity index (χ4v) is 1.90. The van der Waals surface area contributed by atoms with E-state index in [1.807, 2.05) is 0 Å². The first kappa shape index (κ1) is 12.3. The van der Waals surface area contributed by atoms with Crippen LogP contribution in [-0.4, -0.2) is 14.5 Å². The molecule has 2 aromatic heterocycles. The molecule has 6 heteroatoms. The fourth-order valence-electron chi connectivity index (χ4n) is 1.90. The molecule has 0 aliphatic rings. The van der Waals surface area contributed by atoms with Gasteiger partial charge in [-0.1, -0.05) is 0 Å². The molecule has 0 unspecified atom stereocenters. The van der Waals surface area contributed by atoms with E-state index in [0.717, 1.165) is 17.8 Å². The van der Waals surface area contributed by atoms with Crippen LogP contribution in [-0.2, 0) is 0 Å². The van der Waals surface area contributed by atoms with Crippen molar-refractivity contribution in [3.8, 4) is 17.2 Å². The van der Waals surface area contributed by atoms with E-state index in [2.05, 4.69) is 9.97 Å². The third kappa shape index (κ3) is 2.11. The number of imidazole rings is 1. The van der Waals surface area contributed by atoms with Gasteiger partial charge in [-0.15, -0.1) is 0 Å². The molecular weight excluding hydrogens is 262 g/mol. The molecule has 4 nitrogen and oxygen atoms in total. The third-order valence-electron chi connectivity index (χ3n) is 2.83. The molecule has 100 valence electrons. The fraction of sp³-hybridized carbons (Fsp3) is 0. The Balaban J connectivity index is 2.12. The molecule has 3 aromatic rings. The number of rotatable bonds is 2. The Morgan fingerprint density at radius 2 is 1.80 bits per heavy atom. The third-order valence-corrected chi connectivity index (χ3v) is 2.83. The summed E-state index contributed by atoms with van der Waals surface area (Å²) >= 11 is 0. The highest BCUT2D eigenvalue weighted by atomic mass is 19.1. The summed E-state index contributed by atoms with van der Waals surface area (Å²) in [7, 11) is 0. The van der Waals surface area contributed by atoms with Crippen LogP contribution < -0.4 is 5.73 Å². The Morgan fingerprint density at radius 3 is 2.50 bits per heavy atom. The summed E-state index contributed by atoms with van der Waals surface area (Å²) in [4.78, 5) is 7.95. The number of nitrogen functional groups attached to an aromatic ring is 1. The number of pyridine rings is 1. The van der Waals surface area contributed by atoms with Crippen molar-refractivity contribution in [3.05, 3.63) is 60.6 Å². The number of benzene rings is 1. The summed E-state index contributed by atoms with van der Waals surface area (Å²) in [6.07, 6.45) is 4.05. The molecule has 0 aliphatic carbocycles. The number of hydrogen-bond acceptors (Lipinski definition) is 3. The summed E-state index contributed by atoms with van der Waals surface area (Å²) in [6.45, 7) is 0. The zero-order valence-electron chi connectivity index (χ0n) is 10.3. The van der Waals surface area contributed by atoms with Crippen LogP contribution in [0.25, 0.3) is 17.2 Å². The quantitative estimate of drug-likeness (QED) is 0.730. The van der Waals surface area contributed by atoms with Gasteiger partial charge in [0.2, 0.25) is 0 Å². The second kappa shape index (κ2) is 4.73. The Kier molecular flexibility index (Phi) is 2.90. The number of halogens is 2. The molecule has 3 rings (SSSR count). The molecule has 0 bridgehead atoms. The summed E-state index contributed by atoms with van der Waals surface area (Å²) in [5.41, 5.74) is 7.01. The van der Waals surface area contributed by atoms with Gasteiger partial charge in [0.1, 0.15) is 11.6 Å². The predicted molar refractivity (Wildman–Crippen MR) is 71.1 cm³/mol. The standard InChI is InChI=1S/C14H10F2N4/c15-10-7-12(16)14(19-8-10)20-6-5-18-13(20)9-1-3-11(17)4-2-9/h1-8H,17H2. The van der Waals surface area contributed by atoms with Crippen molar-refractivity contribution in [2.75, 3.05) is 5.73 Å². The first-order valence-electron chi connectivity index (χ1n) is 5.86. The molecule has 0 amide bonds. The van der Waals surface area contributed by atoms with Gasteiger partial charge in [-0.05, 0) is 24.3 Å². The maximum atomic E-state index is 13.8. The molecule has 20 heavy (non-hydrogen) atoms. The van der Waals surface area contributed by atoms with Crippen molar-refractivity contribution >= 4 is 5.69 Å². The molecule has 0 aliphatic heterocycles. The van der Waals surface area contributed by atoms with Gasteiger partial charge in [-0.3, -0.25) is 4.57 Å². The van der Waals surface area contributed by atoms with E-state index in [4.69, 9.17) is 5.73 Å². The van der Waals surface area contributed by atoms with Crippen molar-refractivity contribution in [1.82, 2.24) is 14.5 Å². The minimum Gasteiger partial charge on any atom is -0.399 e. The van der Waals surface area contributed by atoms with Crippen LogP contribution in [0.3, 0.4) is 0 Å². The van der Waals surface area contributed by atoms with E-state index in [1.165, 1.54) is 10.8 Å². The van der Waals surface area contributed by atoms with Crippen molar-refractivity contribution < 1.29 is 8.78 Å². The van der Waals surface area contributed by atoms with Gasteiger partial charge in [0.15, 0.2) is 11.6 Å². The normalized spacial score (nSPS) is 10.7. The molecular formula is C14H10F2N4. The molecule has 0 atom stereocenters. The monoisotopic (exact) mass is 272 g/mol. The molecule has 0 saturated heterocycles. The van der Waals surface area contributed by atoms with Crippen molar-refractivity contribution in [3.63, 3.8) is 0 Å². The molecule has 0 radical (unpaired) electrons. The Labute approximate surface area is 113 Å². The lowest BCUT2D eigenvalue weighted by molar-refractivity contribution is 0.566. The minimum atomic E-state index is -0.750. The first-order chi connectivity index (χ1) is 9.65. The van der Waals surface area contributed by atoms with Gasteiger partial charge in [-0.2, -0.15) is 0 Å². The Morgan fingerprint density at radius 1 is 1.05 bits per heavy atom. The zero-order valence-corrected chi connectivity index (χ0v) is 10.3. The highest BCUT2D eigenvalue weighted by molar-refractivity contribution is 5.60. The number of aromatic nitrogens is 3. The lowest BCUT2D eigenvalue weighted by Gasteiger charge is -2.08. The van der Waals surface area contributed by atoms with Crippen LogP contribution in [0.15, 0.2) is 48.9 Å². The molecule has 2 heterocycles. The average Bonchev–Trinajstić information content (AvgIpc) is 2.88. The lowest BCUT2D eigenvalue weighted by atomic mass is 10.2. The van der Waals surface area contributed by atoms with E-state index in [1.54, 1.807) is 30.5 Å². The highest BCUT2D eigenvalue weighted by Gasteiger charge is 2.13. The maximum Gasteiger partial charge on any atom is 0.174 e. The van der Waals surface area contributed by atoms with Gasteiger partial charge in [-0.25, -0.2) is 18.7 Å². The number of hydrogen-bond donors (Lipinski definition) is 1. The molecule has 0 saturated carbocycles. The van der Waals surface area contributed by atoms with Gasteiger partial charge >= 0.3 is 0 Å². The summed E-state index contributed by atoms with van der Waals surface area (Å²) in [6, 6.07) is 7.78. The van der Waals surface area contributed by atoms with Crippen LogP contribution in [0.5, 0.6) is 0 Å². The zero-order chi connectivity index (χ0) is 14.1. The van der Waals surface area contributed by atoms with E-state index in [0.29, 0.717) is 11.5 Å². The Hall–Kier alpha value is -2.76. The predicted octanol–water partition coefficient (Wildman–Crippen LogP) is 2.79. The number of nitrogens with two attached hydrogens (primary N) is 1. The van der Waals surface area contributed by atoms with Crippen LogP contribution >= 0.6 is 0 Å². The molecule has 2 N–H and O–H groups in total. The summed E-state index contributed by atoms with van der Waals surface area (Å²) < 4.78 is 28.2. The number of nitrogens with zero attached hydrogens (tertiary/aromatic N) is 3. The van der Waals surface area contributed by atoms with Crippen molar-refractivity contribution in [2.24, 2.45) is 0 Å². The highest BCUT2D eigenvalue weighted by Crippen LogP contribution is 2.22. The molecule has 0 spiro atoms. The van der Waals surface area contributed by atoms with Crippen LogP contribution in [0, 0.1) is 11.6 Å². The summed E-state index contributed by atoms with van der Waals surface area (Å²) in [5, 5.41) is 0. The topological polar surface area (TPSA) is 56.7 Å². The SMILES string of the molecule is Nc1ccc(-c2nccn2-c2ncc(F)cc2F)cc1. The lowest BCUT2D eigenvalue weighted by Crippen LogP contribution is -2.03. The van der Waals surface area contributed by atoms with Crippen LogP contribution in [0.1, 0.15) is 0 Å². The van der Waals surface area contributed by atoms with Gasteiger partial charge in [0, 0.05) is 29.7 Å². The van der Waals surface area contributed by atoms with E-state index in [-0.39, 0.29) is 5.82 Å². The minimum absolute atomic E-state index is 0.00396. The van der Waals surface area contributed by atoms with Crippen molar-refractivity contribution in [1.29, 1.82) is 0 Å². The number of anilines is 1. The first-order valence-corrected chi connectivity index (χ1v) is 5.86. The van der Waals surface area contributed by atoms with E-state index < -0.39 is 11.6 Å².